The van der Waals surface area contributed by atoms with Gasteiger partial charge < -0.3 is 5.32 Å². The number of hydrogen-bond acceptors (Lipinski definition) is 3. The predicted molar refractivity (Wildman–Crippen MR) is 76.9 cm³/mol. The van der Waals surface area contributed by atoms with Gasteiger partial charge in [0, 0.05) is 23.2 Å². The van der Waals surface area contributed by atoms with E-state index < -0.39 is 0 Å². The molecule has 3 heteroatoms. The van der Waals surface area contributed by atoms with Gasteiger partial charge in [0.1, 0.15) is 5.01 Å². The molecule has 2 nitrogen and oxygen atoms in total. The standard InChI is InChI=1S/C15H18N2S/c1-2-16-9-14-10-17-15(18-14)13-7-5-12(6-8-13)11-3-4-11/h5-8,10-11,16H,2-4,9H2,1H3. The molecule has 1 N–H and O–H groups in total. The second kappa shape index (κ2) is 5.21. The summed E-state index contributed by atoms with van der Waals surface area (Å²) in [7, 11) is 0. The van der Waals surface area contributed by atoms with Gasteiger partial charge in [0.05, 0.1) is 0 Å². The average molecular weight is 258 g/mol. The average Bonchev–Trinajstić information content (AvgIpc) is 3.16. The minimum Gasteiger partial charge on any atom is -0.312 e. The maximum absolute atomic E-state index is 4.51. The molecule has 1 saturated carbocycles. The molecule has 1 aromatic heterocycles. The Bertz CT molecular complexity index is 512. The summed E-state index contributed by atoms with van der Waals surface area (Å²) in [5.74, 6) is 0.833. The van der Waals surface area contributed by atoms with Crippen molar-refractivity contribution in [2.75, 3.05) is 6.54 Å². The van der Waals surface area contributed by atoms with E-state index in [0.717, 1.165) is 24.0 Å². The first-order valence-corrected chi connectivity index (χ1v) is 7.44. The van der Waals surface area contributed by atoms with Crippen molar-refractivity contribution in [3.8, 4) is 10.6 Å². The van der Waals surface area contributed by atoms with Gasteiger partial charge in [-0.25, -0.2) is 4.98 Å². The lowest BCUT2D eigenvalue weighted by Crippen LogP contribution is -2.10. The number of rotatable bonds is 5. The van der Waals surface area contributed by atoms with Crippen LogP contribution >= 0.6 is 11.3 Å². The van der Waals surface area contributed by atoms with Gasteiger partial charge in [-0.2, -0.15) is 0 Å². The molecule has 0 bridgehead atoms. The maximum atomic E-state index is 4.51. The van der Waals surface area contributed by atoms with Crippen LogP contribution in [0.5, 0.6) is 0 Å². The number of nitrogens with one attached hydrogen (secondary N) is 1. The topological polar surface area (TPSA) is 24.9 Å². The van der Waals surface area contributed by atoms with Gasteiger partial charge in [0.15, 0.2) is 0 Å². The van der Waals surface area contributed by atoms with Crippen LogP contribution in [0.1, 0.15) is 36.1 Å². The van der Waals surface area contributed by atoms with Crippen molar-refractivity contribution in [2.24, 2.45) is 0 Å². The van der Waals surface area contributed by atoms with E-state index in [9.17, 15) is 0 Å². The Morgan fingerprint density at radius 2 is 2.06 bits per heavy atom. The zero-order valence-electron chi connectivity index (χ0n) is 10.6. The maximum Gasteiger partial charge on any atom is 0.123 e. The first-order chi connectivity index (χ1) is 8.86. The summed E-state index contributed by atoms with van der Waals surface area (Å²) < 4.78 is 0. The summed E-state index contributed by atoms with van der Waals surface area (Å²) in [5, 5.41) is 4.46. The molecule has 1 aliphatic rings. The van der Waals surface area contributed by atoms with Crippen LogP contribution in [0.2, 0.25) is 0 Å². The van der Waals surface area contributed by atoms with Gasteiger partial charge >= 0.3 is 0 Å². The number of nitrogens with zero attached hydrogens (tertiary/aromatic N) is 1. The lowest BCUT2D eigenvalue weighted by Gasteiger charge is -2.00. The summed E-state index contributed by atoms with van der Waals surface area (Å²) in [5.41, 5.74) is 2.73. The molecule has 3 rings (SSSR count). The molecule has 0 spiro atoms. The SMILES string of the molecule is CCNCc1cnc(-c2ccc(C3CC3)cc2)s1. The van der Waals surface area contributed by atoms with Gasteiger partial charge in [-0.15, -0.1) is 11.3 Å². The zero-order chi connectivity index (χ0) is 12.4. The van der Waals surface area contributed by atoms with Crippen molar-refractivity contribution in [1.29, 1.82) is 0 Å². The van der Waals surface area contributed by atoms with Gasteiger partial charge in [-0.05, 0) is 30.9 Å². The molecular formula is C15H18N2S. The first kappa shape index (κ1) is 11.9. The largest absolute Gasteiger partial charge is 0.312 e. The molecule has 0 saturated heterocycles. The van der Waals surface area contributed by atoms with Crippen LogP contribution in [0.3, 0.4) is 0 Å². The molecule has 0 amide bonds. The second-order valence-corrected chi connectivity index (χ2v) is 5.92. The van der Waals surface area contributed by atoms with Gasteiger partial charge in [0.2, 0.25) is 0 Å². The summed E-state index contributed by atoms with van der Waals surface area (Å²) in [6.45, 7) is 4.05. The fourth-order valence-corrected chi connectivity index (χ4v) is 2.97. The van der Waals surface area contributed by atoms with Crippen molar-refractivity contribution in [1.82, 2.24) is 10.3 Å². The molecule has 18 heavy (non-hydrogen) atoms. The van der Waals surface area contributed by atoms with E-state index in [1.165, 1.54) is 28.8 Å². The summed E-state index contributed by atoms with van der Waals surface area (Å²) in [6, 6.07) is 8.95. The minimum atomic E-state index is 0.833. The van der Waals surface area contributed by atoms with Crippen LogP contribution in [-0.2, 0) is 6.54 Å². The van der Waals surface area contributed by atoms with E-state index in [1.807, 2.05) is 6.20 Å². The lowest BCUT2D eigenvalue weighted by molar-refractivity contribution is 0.734. The van der Waals surface area contributed by atoms with Gasteiger partial charge in [-0.3, -0.25) is 0 Å². The Morgan fingerprint density at radius 3 is 2.72 bits per heavy atom. The highest BCUT2D eigenvalue weighted by atomic mass is 32.1. The number of thiazole rings is 1. The Hall–Kier alpha value is -1.19. The molecule has 0 atom stereocenters. The van der Waals surface area contributed by atoms with E-state index in [0.29, 0.717) is 0 Å². The summed E-state index contributed by atoms with van der Waals surface area (Å²) in [6.07, 6.45) is 4.71. The Balaban J connectivity index is 1.74. The van der Waals surface area contributed by atoms with Crippen LogP contribution in [0.4, 0.5) is 0 Å². The molecule has 0 aliphatic heterocycles. The Labute approximate surface area is 112 Å². The highest BCUT2D eigenvalue weighted by Gasteiger charge is 2.23. The highest BCUT2D eigenvalue weighted by molar-refractivity contribution is 7.15. The molecule has 2 aromatic rings. The summed E-state index contributed by atoms with van der Waals surface area (Å²) in [4.78, 5) is 5.81. The molecule has 94 valence electrons. The molecule has 1 fully saturated rings. The zero-order valence-corrected chi connectivity index (χ0v) is 11.5. The number of benzene rings is 1. The highest BCUT2D eigenvalue weighted by Crippen LogP contribution is 2.40. The lowest BCUT2D eigenvalue weighted by atomic mass is 10.1. The quantitative estimate of drug-likeness (QED) is 0.882. The van der Waals surface area contributed by atoms with Gasteiger partial charge in [-0.1, -0.05) is 31.2 Å². The van der Waals surface area contributed by atoms with Crippen LogP contribution in [0.15, 0.2) is 30.5 Å². The minimum absolute atomic E-state index is 0.833. The third-order valence-electron chi connectivity index (χ3n) is 3.31. The molecule has 1 aromatic carbocycles. The first-order valence-electron chi connectivity index (χ1n) is 6.62. The second-order valence-electron chi connectivity index (χ2n) is 4.81. The third kappa shape index (κ3) is 2.62. The van der Waals surface area contributed by atoms with Crippen LogP contribution in [0.25, 0.3) is 10.6 Å². The van der Waals surface area contributed by atoms with Crippen LogP contribution < -0.4 is 5.32 Å². The van der Waals surface area contributed by atoms with Crippen molar-refractivity contribution in [3.05, 3.63) is 40.9 Å². The molecule has 0 unspecified atom stereocenters. The normalized spacial score (nSPS) is 14.9. The van der Waals surface area contributed by atoms with E-state index in [4.69, 9.17) is 0 Å². The summed E-state index contributed by atoms with van der Waals surface area (Å²) >= 11 is 1.78. The molecule has 0 radical (unpaired) electrons. The van der Waals surface area contributed by atoms with Crippen molar-refractivity contribution in [3.63, 3.8) is 0 Å². The fourth-order valence-electron chi connectivity index (χ4n) is 2.09. The van der Waals surface area contributed by atoms with Gasteiger partial charge in [0.25, 0.3) is 0 Å². The Kier molecular flexibility index (Phi) is 3.43. The Morgan fingerprint density at radius 1 is 1.28 bits per heavy atom. The van der Waals surface area contributed by atoms with Crippen molar-refractivity contribution >= 4 is 11.3 Å². The van der Waals surface area contributed by atoms with Crippen LogP contribution in [0, 0.1) is 0 Å². The third-order valence-corrected chi connectivity index (χ3v) is 4.36. The molecule has 1 aliphatic carbocycles. The van der Waals surface area contributed by atoms with E-state index >= 15 is 0 Å². The monoisotopic (exact) mass is 258 g/mol. The molecule has 1 heterocycles. The number of hydrogen-bond donors (Lipinski definition) is 1. The smallest absolute Gasteiger partial charge is 0.123 e. The van der Waals surface area contributed by atoms with Crippen LogP contribution in [-0.4, -0.2) is 11.5 Å². The number of aromatic nitrogens is 1. The molecular weight excluding hydrogens is 240 g/mol. The predicted octanol–water partition coefficient (Wildman–Crippen LogP) is 3.80. The van der Waals surface area contributed by atoms with Crippen molar-refractivity contribution < 1.29 is 0 Å². The fraction of sp³-hybridized carbons (Fsp3) is 0.400. The van der Waals surface area contributed by atoms with E-state index in [1.54, 1.807) is 11.3 Å². The van der Waals surface area contributed by atoms with Crippen molar-refractivity contribution in [2.45, 2.75) is 32.2 Å². The van der Waals surface area contributed by atoms with E-state index in [-0.39, 0.29) is 0 Å². The van der Waals surface area contributed by atoms with E-state index in [2.05, 4.69) is 41.5 Å².